The van der Waals surface area contributed by atoms with Crippen molar-refractivity contribution in [2.75, 3.05) is 12.4 Å². The fraction of sp³-hybridized carbons (Fsp3) is 0.182. The Morgan fingerprint density at radius 1 is 1.27 bits per heavy atom. The molecule has 8 heteroatoms. The van der Waals surface area contributed by atoms with Crippen LogP contribution in [-0.4, -0.2) is 28.9 Å². The summed E-state index contributed by atoms with van der Waals surface area (Å²) in [6.45, 7) is 2.15. The second kappa shape index (κ2) is 8.10. The van der Waals surface area contributed by atoms with Gasteiger partial charge in [0, 0.05) is 23.4 Å². The highest BCUT2D eigenvalue weighted by molar-refractivity contribution is 7.18. The van der Waals surface area contributed by atoms with E-state index in [2.05, 4.69) is 5.32 Å². The fourth-order valence-corrected chi connectivity index (χ4v) is 4.51. The molecule has 1 aliphatic heterocycles. The maximum absolute atomic E-state index is 12.9. The number of nitrogens with zero attached hydrogens (tertiary/aromatic N) is 1. The van der Waals surface area contributed by atoms with Crippen molar-refractivity contribution < 1.29 is 19.4 Å². The third kappa shape index (κ3) is 3.67. The summed E-state index contributed by atoms with van der Waals surface area (Å²) in [7, 11) is 1.60. The normalized spacial score (nSPS) is 15.3. The molecule has 3 aromatic rings. The van der Waals surface area contributed by atoms with Crippen LogP contribution in [0.1, 0.15) is 42.9 Å². The molecule has 1 aliphatic rings. The minimum absolute atomic E-state index is 0.230. The average molecular weight is 443 g/mol. The monoisotopic (exact) mass is 442 g/mol. The van der Waals surface area contributed by atoms with Crippen LogP contribution in [0.3, 0.4) is 0 Å². The Hall–Kier alpha value is -2.87. The van der Waals surface area contributed by atoms with Crippen LogP contribution in [0.15, 0.2) is 48.5 Å². The summed E-state index contributed by atoms with van der Waals surface area (Å²) in [5.41, 5.74) is 2.97. The van der Waals surface area contributed by atoms with Gasteiger partial charge in [0.2, 0.25) is 0 Å². The lowest BCUT2D eigenvalue weighted by Gasteiger charge is -2.22. The van der Waals surface area contributed by atoms with Gasteiger partial charge in [-0.2, -0.15) is 0 Å². The molecule has 4 rings (SSSR count). The molecule has 0 saturated heterocycles. The first-order valence-corrected chi connectivity index (χ1v) is 10.4. The summed E-state index contributed by atoms with van der Waals surface area (Å²) in [4.78, 5) is 27.3. The van der Waals surface area contributed by atoms with Gasteiger partial charge in [-0.3, -0.25) is 9.59 Å². The predicted octanol–water partition coefficient (Wildman–Crippen LogP) is 4.62. The number of rotatable bonds is 5. The van der Waals surface area contributed by atoms with E-state index in [0.29, 0.717) is 26.0 Å². The van der Waals surface area contributed by atoms with Crippen LogP contribution in [-0.2, 0) is 6.54 Å². The van der Waals surface area contributed by atoms with E-state index < -0.39 is 6.23 Å². The van der Waals surface area contributed by atoms with E-state index in [9.17, 15) is 14.7 Å². The molecule has 0 saturated carbocycles. The van der Waals surface area contributed by atoms with Crippen LogP contribution < -0.4 is 10.1 Å². The first-order valence-electron chi connectivity index (χ1n) is 9.21. The number of carbonyl (C=O) groups excluding carboxylic acids is 2. The molecule has 0 fully saturated rings. The van der Waals surface area contributed by atoms with E-state index in [0.717, 1.165) is 28.2 Å². The van der Waals surface area contributed by atoms with E-state index in [1.807, 2.05) is 25.1 Å². The number of hydrogen-bond donors (Lipinski definition) is 2. The Balaban J connectivity index is 1.60. The van der Waals surface area contributed by atoms with Crippen molar-refractivity contribution in [2.45, 2.75) is 19.7 Å². The number of aliphatic hydroxyl groups excluding tert-OH is 1. The number of aliphatic hydroxyl groups is 1. The second-order valence-corrected chi connectivity index (χ2v) is 8.65. The number of hydrogen-bond acceptors (Lipinski definition) is 5. The van der Waals surface area contributed by atoms with Gasteiger partial charge in [-0.15, -0.1) is 11.3 Å². The molecule has 1 unspecified atom stereocenters. The highest BCUT2D eigenvalue weighted by Gasteiger charge is 2.37. The highest BCUT2D eigenvalue weighted by Crippen LogP contribution is 2.38. The summed E-state index contributed by atoms with van der Waals surface area (Å²) >= 11 is 7.07. The van der Waals surface area contributed by atoms with Crippen molar-refractivity contribution in [3.05, 3.63) is 80.0 Å². The molecule has 0 bridgehead atoms. The van der Waals surface area contributed by atoms with E-state index >= 15 is 0 Å². The number of ether oxygens (including phenoxy) is 1. The highest BCUT2D eigenvalue weighted by atomic mass is 35.5. The minimum atomic E-state index is -1.17. The zero-order valence-corrected chi connectivity index (χ0v) is 17.9. The lowest BCUT2D eigenvalue weighted by atomic mass is 10.1. The Bertz CT molecular complexity index is 1140. The topological polar surface area (TPSA) is 78.9 Å². The molecule has 2 aromatic carbocycles. The molecule has 2 heterocycles. The molecule has 2 amide bonds. The van der Waals surface area contributed by atoms with Gasteiger partial charge in [-0.1, -0.05) is 29.8 Å². The van der Waals surface area contributed by atoms with Gasteiger partial charge in [0.1, 0.15) is 5.75 Å². The molecule has 1 aromatic heterocycles. The summed E-state index contributed by atoms with van der Waals surface area (Å²) in [5.74, 6) is 0.124. The molecule has 0 aliphatic carbocycles. The standard InChI is InChI=1S/C22H19ClN2O4S/c1-12-10-13(6-7-16(12)29-2)11-25-21(27)14-4-3-5-15(19(14)22(25)28)24-20(26)17-8-9-18(23)30-17/h3-10,22,28H,11H2,1-2H3,(H,24,26). The van der Waals surface area contributed by atoms with Gasteiger partial charge < -0.3 is 20.1 Å². The molecule has 0 radical (unpaired) electrons. The van der Waals surface area contributed by atoms with Crippen LogP contribution in [0, 0.1) is 6.92 Å². The summed E-state index contributed by atoms with van der Waals surface area (Å²) in [6.07, 6.45) is -1.17. The number of halogens is 1. The first kappa shape index (κ1) is 20.4. The van der Waals surface area contributed by atoms with Crippen LogP contribution >= 0.6 is 22.9 Å². The third-order valence-corrected chi connectivity index (χ3v) is 6.24. The molecular weight excluding hydrogens is 424 g/mol. The Morgan fingerprint density at radius 2 is 2.07 bits per heavy atom. The van der Waals surface area contributed by atoms with Gasteiger partial charge in [0.05, 0.1) is 16.3 Å². The van der Waals surface area contributed by atoms with Crippen molar-refractivity contribution in [3.8, 4) is 5.75 Å². The van der Waals surface area contributed by atoms with Crippen molar-refractivity contribution in [2.24, 2.45) is 0 Å². The number of anilines is 1. The molecule has 2 N–H and O–H groups in total. The number of methoxy groups -OCH3 is 1. The Morgan fingerprint density at radius 3 is 2.73 bits per heavy atom. The zero-order valence-electron chi connectivity index (χ0n) is 16.3. The number of fused-ring (bicyclic) bond motifs is 1. The summed E-state index contributed by atoms with van der Waals surface area (Å²) < 4.78 is 5.78. The number of thiophene rings is 1. The molecule has 6 nitrogen and oxygen atoms in total. The summed E-state index contributed by atoms with van der Waals surface area (Å²) in [5, 5.41) is 13.7. The molecule has 1 atom stereocenters. The molecule has 30 heavy (non-hydrogen) atoms. The minimum Gasteiger partial charge on any atom is -0.496 e. The van der Waals surface area contributed by atoms with Crippen LogP contribution in [0.2, 0.25) is 4.34 Å². The Kier molecular flexibility index (Phi) is 5.51. The smallest absolute Gasteiger partial charge is 0.265 e. The van der Waals surface area contributed by atoms with Gasteiger partial charge >= 0.3 is 0 Å². The lowest BCUT2D eigenvalue weighted by molar-refractivity contribution is 0.0140. The number of carbonyl (C=O) groups is 2. The predicted molar refractivity (Wildman–Crippen MR) is 116 cm³/mol. The number of aryl methyl sites for hydroxylation is 1. The van der Waals surface area contributed by atoms with Gasteiger partial charge in [0.25, 0.3) is 11.8 Å². The fourth-order valence-electron chi connectivity index (χ4n) is 3.57. The third-order valence-electron chi connectivity index (χ3n) is 5.01. The van der Waals surface area contributed by atoms with Crippen LogP contribution in [0.4, 0.5) is 5.69 Å². The average Bonchev–Trinajstić information content (AvgIpc) is 3.26. The van der Waals surface area contributed by atoms with Crippen molar-refractivity contribution in [1.82, 2.24) is 4.90 Å². The maximum Gasteiger partial charge on any atom is 0.265 e. The van der Waals surface area contributed by atoms with E-state index in [-0.39, 0.29) is 18.4 Å². The van der Waals surface area contributed by atoms with E-state index in [4.69, 9.17) is 16.3 Å². The molecular formula is C22H19ClN2O4S. The maximum atomic E-state index is 12.9. The molecule has 154 valence electrons. The van der Waals surface area contributed by atoms with E-state index in [1.54, 1.807) is 37.4 Å². The van der Waals surface area contributed by atoms with Crippen LogP contribution in [0.25, 0.3) is 0 Å². The zero-order chi connectivity index (χ0) is 21.4. The summed E-state index contributed by atoms with van der Waals surface area (Å²) in [6, 6.07) is 13.9. The van der Waals surface area contributed by atoms with Gasteiger partial charge in [-0.25, -0.2) is 0 Å². The van der Waals surface area contributed by atoms with Crippen molar-refractivity contribution in [1.29, 1.82) is 0 Å². The first-order chi connectivity index (χ1) is 14.4. The number of benzene rings is 2. The SMILES string of the molecule is COc1ccc(CN2C(=O)c3cccc(NC(=O)c4ccc(Cl)s4)c3C2O)cc1C. The lowest BCUT2D eigenvalue weighted by Crippen LogP contribution is -2.27. The van der Waals surface area contributed by atoms with Crippen molar-refractivity contribution in [3.63, 3.8) is 0 Å². The van der Waals surface area contributed by atoms with Crippen LogP contribution in [0.5, 0.6) is 5.75 Å². The van der Waals surface area contributed by atoms with Gasteiger partial charge in [0.15, 0.2) is 6.23 Å². The quantitative estimate of drug-likeness (QED) is 0.604. The molecule has 0 spiro atoms. The Labute approximate surface area is 182 Å². The second-order valence-electron chi connectivity index (χ2n) is 6.94. The van der Waals surface area contributed by atoms with Gasteiger partial charge in [-0.05, 0) is 48.4 Å². The number of nitrogens with one attached hydrogen (secondary N) is 1. The van der Waals surface area contributed by atoms with Crippen molar-refractivity contribution >= 4 is 40.4 Å². The van der Waals surface area contributed by atoms with E-state index in [1.165, 1.54) is 4.90 Å². The largest absolute Gasteiger partial charge is 0.496 e. The number of amides is 2.